The lowest BCUT2D eigenvalue weighted by Gasteiger charge is -2.30. The third kappa shape index (κ3) is 4.24. The highest BCUT2D eigenvalue weighted by atomic mass is 32.1. The molecular weight excluding hydrogens is 394 g/mol. The van der Waals surface area contributed by atoms with Gasteiger partial charge in [0.05, 0.1) is 6.04 Å². The van der Waals surface area contributed by atoms with Crippen molar-refractivity contribution in [1.82, 2.24) is 5.32 Å². The molecule has 1 unspecified atom stereocenters. The number of benzene rings is 2. The van der Waals surface area contributed by atoms with E-state index >= 15 is 0 Å². The second-order valence-corrected chi connectivity index (χ2v) is 8.26. The van der Waals surface area contributed by atoms with E-state index in [-0.39, 0.29) is 6.04 Å². The molecule has 0 bridgehead atoms. The van der Waals surface area contributed by atoms with Gasteiger partial charge in [-0.05, 0) is 47.5 Å². The van der Waals surface area contributed by atoms with E-state index in [1.165, 1.54) is 16.1 Å². The monoisotopic (exact) mass is 419 g/mol. The second kappa shape index (κ2) is 9.13. The topological polar surface area (TPSA) is 61.4 Å². The minimum Gasteiger partial charge on any atom is -0.361 e. The van der Waals surface area contributed by atoms with Gasteiger partial charge in [-0.2, -0.15) is 0 Å². The lowest BCUT2D eigenvalue weighted by atomic mass is 10.1. The van der Waals surface area contributed by atoms with E-state index in [2.05, 4.69) is 39.8 Å². The Labute approximate surface area is 180 Å². The van der Waals surface area contributed by atoms with Crippen molar-refractivity contribution < 1.29 is 9.59 Å². The fourth-order valence-electron chi connectivity index (χ4n) is 3.93. The minimum atomic E-state index is -0.636. The van der Waals surface area contributed by atoms with E-state index in [9.17, 15) is 9.59 Å². The predicted molar refractivity (Wildman–Crippen MR) is 122 cm³/mol. The summed E-state index contributed by atoms with van der Waals surface area (Å²) >= 11 is 1.67. The summed E-state index contributed by atoms with van der Waals surface area (Å²) in [6.07, 6.45) is 1.77. The van der Waals surface area contributed by atoms with Crippen LogP contribution in [0.15, 0.2) is 66.0 Å². The number of thiophene rings is 1. The van der Waals surface area contributed by atoms with Crippen molar-refractivity contribution in [2.24, 2.45) is 0 Å². The molecule has 2 amide bonds. The van der Waals surface area contributed by atoms with Crippen LogP contribution >= 0.6 is 11.3 Å². The van der Waals surface area contributed by atoms with E-state index in [1.807, 2.05) is 48.7 Å². The average Bonchev–Trinajstić information content (AvgIpc) is 3.45. The van der Waals surface area contributed by atoms with Crippen LogP contribution in [-0.2, 0) is 22.4 Å². The largest absolute Gasteiger partial charge is 0.361 e. The first kappa shape index (κ1) is 20.2. The van der Waals surface area contributed by atoms with Gasteiger partial charge in [0.25, 0.3) is 0 Å². The van der Waals surface area contributed by atoms with Crippen molar-refractivity contribution in [3.05, 3.63) is 82.0 Å². The number of rotatable bonds is 6. The Morgan fingerprint density at radius 3 is 2.63 bits per heavy atom. The quantitative estimate of drug-likeness (QED) is 0.590. The maximum absolute atomic E-state index is 12.5. The van der Waals surface area contributed by atoms with Crippen LogP contribution in [-0.4, -0.2) is 24.9 Å². The van der Waals surface area contributed by atoms with E-state index in [1.54, 1.807) is 11.3 Å². The van der Waals surface area contributed by atoms with Crippen LogP contribution < -0.4 is 15.5 Å². The molecule has 0 radical (unpaired) electrons. The summed E-state index contributed by atoms with van der Waals surface area (Å²) in [5.41, 5.74) is 4.21. The first-order chi connectivity index (χ1) is 14.7. The molecule has 2 aromatic carbocycles. The third-order valence-electron chi connectivity index (χ3n) is 5.48. The maximum atomic E-state index is 12.5. The number of hydrogen-bond donors (Lipinski definition) is 2. The Bertz CT molecular complexity index is 1030. The summed E-state index contributed by atoms with van der Waals surface area (Å²) in [6, 6.07) is 20.0. The molecular formula is C24H25N3O2S. The minimum absolute atomic E-state index is 0.00618. The van der Waals surface area contributed by atoms with Gasteiger partial charge in [0.15, 0.2) is 0 Å². The van der Waals surface area contributed by atoms with Crippen molar-refractivity contribution in [2.45, 2.75) is 25.8 Å². The molecule has 3 aromatic rings. The van der Waals surface area contributed by atoms with Crippen LogP contribution in [0, 0.1) is 0 Å². The molecule has 0 spiro atoms. The van der Waals surface area contributed by atoms with Gasteiger partial charge in [-0.1, -0.05) is 49.4 Å². The van der Waals surface area contributed by atoms with Gasteiger partial charge in [-0.15, -0.1) is 11.3 Å². The molecule has 0 aliphatic carbocycles. The molecule has 1 aliphatic rings. The zero-order valence-corrected chi connectivity index (χ0v) is 17.7. The van der Waals surface area contributed by atoms with Gasteiger partial charge in [0, 0.05) is 29.3 Å². The molecule has 154 valence electrons. The Hall–Kier alpha value is -3.12. The summed E-state index contributed by atoms with van der Waals surface area (Å²) in [4.78, 5) is 28.5. The third-order valence-corrected chi connectivity index (χ3v) is 6.45. The molecule has 0 saturated heterocycles. The molecule has 4 rings (SSSR count). The summed E-state index contributed by atoms with van der Waals surface area (Å²) in [7, 11) is 0. The van der Waals surface area contributed by atoms with Gasteiger partial charge in [-0.25, -0.2) is 0 Å². The van der Waals surface area contributed by atoms with E-state index in [0.717, 1.165) is 24.9 Å². The van der Waals surface area contributed by atoms with Crippen LogP contribution in [0.5, 0.6) is 0 Å². The van der Waals surface area contributed by atoms with Crippen LogP contribution in [0.3, 0.4) is 0 Å². The summed E-state index contributed by atoms with van der Waals surface area (Å²) in [5, 5.41) is 7.64. The standard InChI is InChI=1S/C24H25N3O2S/c1-2-17-8-3-5-10-19(17)26-24(29)23(28)25-16-21(22-12-7-15-30-22)27-14-13-18-9-4-6-11-20(18)27/h3-12,15,21H,2,13-14,16H2,1H3,(H,25,28)(H,26,29). The lowest BCUT2D eigenvalue weighted by Crippen LogP contribution is -2.41. The molecule has 30 heavy (non-hydrogen) atoms. The molecule has 1 atom stereocenters. The smallest absolute Gasteiger partial charge is 0.313 e. The van der Waals surface area contributed by atoms with Crippen molar-refractivity contribution in [3.63, 3.8) is 0 Å². The number of carbonyl (C=O) groups is 2. The number of para-hydroxylation sites is 2. The first-order valence-electron chi connectivity index (χ1n) is 10.2. The highest BCUT2D eigenvalue weighted by Crippen LogP contribution is 2.36. The summed E-state index contributed by atoms with van der Waals surface area (Å²) < 4.78 is 0. The SMILES string of the molecule is CCc1ccccc1NC(=O)C(=O)NCC(c1cccs1)N1CCc2ccccc21. The summed E-state index contributed by atoms with van der Waals surface area (Å²) in [6.45, 7) is 3.29. The second-order valence-electron chi connectivity index (χ2n) is 7.28. The van der Waals surface area contributed by atoms with Gasteiger partial charge in [-0.3, -0.25) is 9.59 Å². The number of amides is 2. The number of carbonyl (C=O) groups excluding carboxylic acids is 2. The Morgan fingerprint density at radius 2 is 1.83 bits per heavy atom. The van der Waals surface area contributed by atoms with E-state index in [0.29, 0.717) is 12.2 Å². The maximum Gasteiger partial charge on any atom is 0.313 e. The fraction of sp³-hybridized carbons (Fsp3) is 0.250. The normalized spacial score (nSPS) is 13.6. The Balaban J connectivity index is 1.45. The van der Waals surface area contributed by atoms with Gasteiger partial charge < -0.3 is 15.5 Å². The van der Waals surface area contributed by atoms with Gasteiger partial charge in [0.2, 0.25) is 0 Å². The van der Waals surface area contributed by atoms with Gasteiger partial charge in [0.1, 0.15) is 0 Å². The molecule has 0 fully saturated rings. The van der Waals surface area contributed by atoms with Crippen LogP contribution in [0.4, 0.5) is 11.4 Å². The number of nitrogens with zero attached hydrogens (tertiary/aromatic N) is 1. The van der Waals surface area contributed by atoms with Crippen molar-refractivity contribution in [2.75, 3.05) is 23.3 Å². The van der Waals surface area contributed by atoms with Crippen molar-refractivity contribution >= 4 is 34.5 Å². The highest BCUT2D eigenvalue weighted by Gasteiger charge is 2.28. The van der Waals surface area contributed by atoms with Crippen LogP contribution in [0.2, 0.25) is 0 Å². The molecule has 6 heteroatoms. The lowest BCUT2D eigenvalue weighted by molar-refractivity contribution is -0.136. The van der Waals surface area contributed by atoms with Crippen molar-refractivity contribution in [3.8, 4) is 0 Å². The Morgan fingerprint density at radius 1 is 1.03 bits per heavy atom. The molecule has 1 aliphatic heterocycles. The first-order valence-corrected chi connectivity index (χ1v) is 11.1. The highest BCUT2D eigenvalue weighted by molar-refractivity contribution is 7.10. The fourth-order valence-corrected chi connectivity index (χ4v) is 4.77. The number of fused-ring (bicyclic) bond motifs is 1. The number of hydrogen-bond acceptors (Lipinski definition) is 4. The Kier molecular flexibility index (Phi) is 6.14. The van der Waals surface area contributed by atoms with Crippen molar-refractivity contribution in [1.29, 1.82) is 0 Å². The molecule has 2 heterocycles. The number of aryl methyl sites for hydroxylation is 1. The molecule has 5 nitrogen and oxygen atoms in total. The molecule has 2 N–H and O–H groups in total. The zero-order chi connectivity index (χ0) is 20.9. The molecule has 0 saturated carbocycles. The predicted octanol–water partition coefficient (Wildman–Crippen LogP) is 4.17. The average molecular weight is 420 g/mol. The number of anilines is 2. The van der Waals surface area contributed by atoms with Gasteiger partial charge >= 0.3 is 11.8 Å². The zero-order valence-electron chi connectivity index (χ0n) is 16.9. The van der Waals surface area contributed by atoms with Crippen LogP contribution in [0.1, 0.15) is 29.0 Å². The number of nitrogens with one attached hydrogen (secondary N) is 2. The molecule has 1 aromatic heterocycles. The summed E-state index contributed by atoms with van der Waals surface area (Å²) in [5.74, 6) is -1.25. The van der Waals surface area contributed by atoms with E-state index < -0.39 is 11.8 Å². The van der Waals surface area contributed by atoms with E-state index in [4.69, 9.17) is 0 Å². The van der Waals surface area contributed by atoms with Crippen LogP contribution in [0.25, 0.3) is 0 Å².